The van der Waals surface area contributed by atoms with Crippen LogP contribution in [0.25, 0.3) is 0 Å². The second-order valence-corrected chi connectivity index (χ2v) is 4.59. The van der Waals surface area contributed by atoms with Crippen LogP contribution in [0.15, 0.2) is 18.2 Å². The number of anilines is 2. The highest BCUT2D eigenvalue weighted by Crippen LogP contribution is 2.50. The zero-order valence-corrected chi connectivity index (χ0v) is 9.14. The summed E-state index contributed by atoms with van der Waals surface area (Å²) in [5.41, 5.74) is 1.46. The molecule has 3 rings (SSSR count). The zero-order chi connectivity index (χ0) is 10.6. The predicted molar refractivity (Wildman–Crippen MR) is 60.4 cm³/mol. The molecule has 4 heteroatoms. The number of carbonyl (C=O) groups is 1. The lowest BCUT2D eigenvalue weighted by atomic mass is 10.1. The highest BCUT2D eigenvalue weighted by molar-refractivity contribution is 6.35. The Morgan fingerprint density at radius 1 is 1.47 bits per heavy atom. The molecule has 3 nitrogen and oxygen atoms in total. The van der Waals surface area contributed by atoms with Crippen molar-refractivity contribution in [1.82, 2.24) is 0 Å². The van der Waals surface area contributed by atoms with Crippen molar-refractivity contribution >= 4 is 28.9 Å². The van der Waals surface area contributed by atoms with Gasteiger partial charge < -0.3 is 10.2 Å². The third-order valence-corrected chi connectivity index (χ3v) is 3.69. The number of fused-ring (bicyclic) bond motifs is 1. The summed E-state index contributed by atoms with van der Waals surface area (Å²) in [5, 5.41) is 3.50. The molecule has 0 bridgehead atoms. The Balaban J connectivity index is 2.18. The number of nitrogens with one attached hydrogen (secondary N) is 1. The fourth-order valence-electron chi connectivity index (χ4n) is 2.21. The summed E-state index contributed by atoms with van der Waals surface area (Å²) in [6, 6.07) is 5.69. The van der Waals surface area contributed by atoms with Gasteiger partial charge in [0.2, 0.25) is 5.91 Å². The van der Waals surface area contributed by atoms with Crippen LogP contribution in [0.4, 0.5) is 11.4 Å². The van der Waals surface area contributed by atoms with Crippen LogP contribution in [0.1, 0.15) is 12.8 Å². The largest absolute Gasteiger partial charge is 0.358 e. The van der Waals surface area contributed by atoms with Crippen molar-refractivity contribution in [3.8, 4) is 0 Å². The highest BCUT2D eigenvalue weighted by Gasteiger charge is 2.56. The van der Waals surface area contributed by atoms with Crippen molar-refractivity contribution in [2.45, 2.75) is 18.4 Å². The number of halogens is 1. The van der Waals surface area contributed by atoms with Crippen LogP contribution in [-0.4, -0.2) is 18.5 Å². The van der Waals surface area contributed by atoms with Gasteiger partial charge in [0.25, 0.3) is 0 Å². The molecule has 1 aromatic rings. The molecule has 0 unspecified atom stereocenters. The van der Waals surface area contributed by atoms with Crippen molar-refractivity contribution in [1.29, 1.82) is 0 Å². The van der Waals surface area contributed by atoms with Gasteiger partial charge in [-0.15, -0.1) is 0 Å². The van der Waals surface area contributed by atoms with Gasteiger partial charge in [0, 0.05) is 7.05 Å². The zero-order valence-electron chi connectivity index (χ0n) is 8.38. The van der Waals surface area contributed by atoms with E-state index in [9.17, 15) is 4.79 Å². The molecular weight excluding hydrogens is 212 g/mol. The smallest absolute Gasteiger partial charge is 0.250 e. The lowest BCUT2D eigenvalue weighted by Gasteiger charge is -2.35. The molecule has 0 atom stereocenters. The van der Waals surface area contributed by atoms with Crippen LogP contribution >= 0.6 is 11.6 Å². The van der Waals surface area contributed by atoms with Gasteiger partial charge in [0.05, 0.1) is 16.4 Å². The molecule has 1 aliphatic heterocycles. The molecule has 1 aromatic carbocycles. The molecule has 0 radical (unpaired) electrons. The number of benzene rings is 1. The molecule has 1 saturated carbocycles. The number of hydrogen-bond acceptors (Lipinski definition) is 2. The van der Waals surface area contributed by atoms with E-state index in [1.54, 1.807) is 6.07 Å². The number of carbonyl (C=O) groups excluding carboxylic acids is 1. The molecule has 1 fully saturated rings. The third kappa shape index (κ3) is 1.04. The van der Waals surface area contributed by atoms with Crippen molar-refractivity contribution < 1.29 is 4.79 Å². The standard InChI is InChI=1S/C11H11ClN2O/c1-14-8-4-2-3-7(12)9(8)13-10(15)11(14)5-6-11/h2-4H,5-6H2,1H3,(H,13,15). The summed E-state index contributed by atoms with van der Waals surface area (Å²) in [7, 11) is 1.96. The summed E-state index contributed by atoms with van der Waals surface area (Å²) < 4.78 is 0. The van der Waals surface area contributed by atoms with Gasteiger partial charge in [0.1, 0.15) is 5.54 Å². The second-order valence-electron chi connectivity index (χ2n) is 4.18. The van der Waals surface area contributed by atoms with Gasteiger partial charge >= 0.3 is 0 Å². The van der Waals surface area contributed by atoms with Crippen molar-refractivity contribution in [2.24, 2.45) is 0 Å². The van der Waals surface area contributed by atoms with E-state index in [1.165, 1.54) is 0 Å². The third-order valence-electron chi connectivity index (χ3n) is 3.38. The Bertz CT molecular complexity index is 454. The average Bonchev–Trinajstić information content (AvgIpc) is 2.99. The monoisotopic (exact) mass is 222 g/mol. The second kappa shape index (κ2) is 2.67. The first kappa shape index (κ1) is 9.04. The SMILES string of the molecule is CN1c2cccc(Cl)c2NC(=O)C12CC2. The Morgan fingerprint density at radius 2 is 2.20 bits per heavy atom. The van der Waals surface area contributed by atoms with E-state index >= 15 is 0 Å². The Kier molecular flexibility index (Phi) is 1.61. The molecule has 1 amide bonds. The molecular formula is C11H11ClN2O. The number of likely N-dealkylation sites (N-methyl/N-ethyl adjacent to an activating group) is 1. The maximum atomic E-state index is 11.9. The Labute approximate surface area is 93.0 Å². The number of hydrogen-bond donors (Lipinski definition) is 1. The fraction of sp³-hybridized carbons (Fsp3) is 0.364. The minimum Gasteiger partial charge on any atom is -0.358 e. The average molecular weight is 223 g/mol. The van der Waals surface area contributed by atoms with Gasteiger partial charge in [-0.25, -0.2) is 0 Å². The molecule has 15 heavy (non-hydrogen) atoms. The predicted octanol–water partition coefficient (Wildman–Crippen LogP) is 2.26. The van der Waals surface area contributed by atoms with Crippen LogP contribution < -0.4 is 10.2 Å². The number of nitrogens with zero attached hydrogens (tertiary/aromatic N) is 1. The molecule has 0 aromatic heterocycles. The minimum atomic E-state index is -0.294. The van der Waals surface area contributed by atoms with Gasteiger partial charge in [-0.05, 0) is 25.0 Å². The summed E-state index contributed by atoms with van der Waals surface area (Å²) in [4.78, 5) is 13.9. The van der Waals surface area contributed by atoms with Crippen LogP contribution in [0.3, 0.4) is 0 Å². The van der Waals surface area contributed by atoms with E-state index in [0.717, 1.165) is 24.2 Å². The van der Waals surface area contributed by atoms with Crippen molar-refractivity contribution in [3.05, 3.63) is 23.2 Å². The molecule has 1 spiro atoms. The first-order chi connectivity index (χ1) is 7.15. The summed E-state index contributed by atoms with van der Waals surface area (Å²) in [5.74, 6) is 0.0746. The fourth-order valence-corrected chi connectivity index (χ4v) is 2.43. The van der Waals surface area contributed by atoms with Crippen LogP contribution in [-0.2, 0) is 4.79 Å². The van der Waals surface area contributed by atoms with E-state index in [2.05, 4.69) is 5.32 Å². The molecule has 2 aliphatic rings. The quantitative estimate of drug-likeness (QED) is 0.730. The molecule has 78 valence electrons. The maximum absolute atomic E-state index is 11.9. The minimum absolute atomic E-state index is 0.0746. The summed E-state index contributed by atoms with van der Waals surface area (Å²) in [6.45, 7) is 0. The first-order valence-electron chi connectivity index (χ1n) is 4.99. The molecule has 1 aliphatic carbocycles. The highest BCUT2D eigenvalue weighted by atomic mass is 35.5. The van der Waals surface area contributed by atoms with Gasteiger partial charge in [-0.3, -0.25) is 4.79 Å². The normalized spacial score (nSPS) is 21.2. The van der Waals surface area contributed by atoms with Crippen molar-refractivity contribution in [2.75, 3.05) is 17.3 Å². The van der Waals surface area contributed by atoms with E-state index in [0.29, 0.717) is 5.02 Å². The first-order valence-corrected chi connectivity index (χ1v) is 5.37. The molecule has 1 N–H and O–H groups in total. The van der Waals surface area contributed by atoms with Gasteiger partial charge in [-0.1, -0.05) is 17.7 Å². The van der Waals surface area contributed by atoms with Gasteiger partial charge in [-0.2, -0.15) is 0 Å². The number of para-hydroxylation sites is 1. The van der Waals surface area contributed by atoms with Crippen LogP contribution in [0.2, 0.25) is 5.02 Å². The van der Waals surface area contributed by atoms with Crippen molar-refractivity contribution in [3.63, 3.8) is 0 Å². The molecule has 1 heterocycles. The number of amides is 1. The van der Waals surface area contributed by atoms with Crippen LogP contribution in [0, 0.1) is 0 Å². The van der Waals surface area contributed by atoms with E-state index < -0.39 is 0 Å². The van der Waals surface area contributed by atoms with E-state index in [-0.39, 0.29) is 11.4 Å². The topological polar surface area (TPSA) is 32.3 Å². The number of rotatable bonds is 0. The lowest BCUT2D eigenvalue weighted by Crippen LogP contribution is -2.48. The molecule has 0 saturated heterocycles. The summed E-state index contributed by atoms with van der Waals surface area (Å²) in [6.07, 6.45) is 1.86. The van der Waals surface area contributed by atoms with Gasteiger partial charge in [0.15, 0.2) is 0 Å². The summed E-state index contributed by atoms with van der Waals surface area (Å²) >= 11 is 6.04. The Hall–Kier alpha value is -1.22. The Morgan fingerprint density at radius 3 is 2.87 bits per heavy atom. The lowest BCUT2D eigenvalue weighted by molar-refractivity contribution is -0.118. The maximum Gasteiger partial charge on any atom is 0.250 e. The van der Waals surface area contributed by atoms with E-state index in [1.807, 2.05) is 24.1 Å². The van der Waals surface area contributed by atoms with E-state index in [4.69, 9.17) is 11.6 Å². The van der Waals surface area contributed by atoms with Crippen LogP contribution in [0.5, 0.6) is 0 Å².